The van der Waals surface area contributed by atoms with Crippen molar-refractivity contribution in [3.8, 4) is 0 Å². The first-order valence-electron chi connectivity index (χ1n) is 3.80. The van der Waals surface area contributed by atoms with Crippen LogP contribution in [0.3, 0.4) is 0 Å². The maximum absolute atomic E-state index is 5.51. The number of aromatic nitrogens is 1. The van der Waals surface area contributed by atoms with E-state index in [0.29, 0.717) is 10.9 Å². The van der Waals surface area contributed by atoms with Crippen LogP contribution in [0, 0.1) is 0 Å². The van der Waals surface area contributed by atoms with Gasteiger partial charge in [-0.1, -0.05) is 11.8 Å². The quantitative estimate of drug-likeness (QED) is 0.745. The molecule has 4 heteroatoms. The number of nitrogen functional groups attached to an aromatic ring is 1. The largest absolute Gasteiger partial charge is 0.397 e. The minimum atomic E-state index is 0.584. The molecule has 0 atom stereocenters. The fraction of sp³-hybridized carbons (Fsp3) is 0.375. The van der Waals surface area contributed by atoms with Gasteiger partial charge in [-0.2, -0.15) is 0 Å². The van der Waals surface area contributed by atoms with Crippen molar-refractivity contribution in [3.63, 3.8) is 0 Å². The van der Waals surface area contributed by atoms with Crippen LogP contribution in [-0.2, 0) is 4.74 Å². The lowest BCUT2D eigenvalue weighted by Gasteiger charge is -2.24. The first-order chi connectivity index (χ1) is 5.84. The Morgan fingerprint density at radius 3 is 2.83 bits per heavy atom. The highest BCUT2D eigenvalue weighted by molar-refractivity contribution is 8.00. The van der Waals surface area contributed by atoms with Gasteiger partial charge in [-0.25, -0.2) is 4.98 Å². The summed E-state index contributed by atoms with van der Waals surface area (Å²) in [6.07, 6.45) is 1.68. The van der Waals surface area contributed by atoms with E-state index in [2.05, 4.69) is 4.98 Å². The van der Waals surface area contributed by atoms with Crippen LogP contribution < -0.4 is 5.73 Å². The van der Waals surface area contributed by atoms with Crippen molar-refractivity contribution in [2.24, 2.45) is 0 Å². The second-order valence-corrected chi connectivity index (χ2v) is 4.03. The van der Waals surface area contributed by atoms with Crippen molar-refractivity contribution in [2.45, 2.75) is 10.3 Å². The summed E-state index contributed by atoms with van der Waals surface area (Å²) in [7, 11) is 0. The van der Waals surface area contributed by atoms with Crippen molar-refractivity contribution >= 4 is 17.4 Å². The molecule has 1 fully saturated rings. The highest BCUT2D eigenvalue weighted by Crippen LogP contribution is 2.26. The zero-order valence-electron chi connectivity index (χ0n) is 6.56. The number of ether oxygens (including phenoxy) is 1. The Balaban J connectivity index is 1.98. The van der Waals surface area contributed by atoms with E-state index in [9.17, 15) is 0 Å². The summed E-state index contributed by atoms with van der Waals surface area (Å²) < 4.78 is 5.06. The molecule has 2 rings (SSSR count). The van der Waals surface area contributed by atoms with E-state index < -0.39 is 0 Å². The fourth-order valence-corrected chi connectivity index (χ4v) is 1.84. The maximum atomic E-state index is 5.51. The predicted molar refractivity (Wildman–Crippen MR) is 49.1 cm³/mol. The zero-order valence-corrected chi connectivity index (χ0v) is 7.38. The number of hydrogen-bond donors (Lipinski definition) is 1. The minimum Gasteiger partial charge on any atom is -0.397 e. The molecule has 0 radical (unpaired) electrons. The molecule has 64 valence electrons. The maximum Gasteiger partial charge on any atom is 0.0965 e. The topological polar surface area (TPSA) is 48.1 Å². The van der Waals surface area contributed by atoms with Crippen LogP contribution in [0.4, 0.5) is 5.69 Å². The Morgan fingerprint density at radius 1 is 1.50 bits per heavy atom. The summed E-state index contributed by atoms with van der Waals surface area (Å²) in [5.74, 6) is 0. The van der Waals surface area contributed by atoms with Crippen LogP contribution in [0.1, 0.15) is 0 Å². The van der Waals surface area contributed by atoms with Crippen molar-refractivity contribution in [2.75, 3.05) is 18.9 Å². The highest BCUT2D eigenvalue weighted by Gasteiger charge is 2.19. The molecule has 1 aliphatic rings. The van der Waals surface area contributed by atoms with Crippen LogP contribution in [0.5, 0.6) is 0 Å². The van der Waals surface area contributed by atoms with Crippen molar-refractivity contribution in [3.05, 3.63) is 18.3 Å². The van der Waals surface area contributed by atoms with Gasteiger partial charge in [0.25, 0.3) is 0 Å². The molecule has 0 saturated carbocycles. The van der Waals surface area contributed by atoms with E-state index in [1.807, 2.05) is 12.1 Å². The van der Waals surface area contributed by atoms with Gasteiger partial charge in [0, 0.05) is 0 Å². The lowest BCUT2D eigenvalue weighted by molar-refractivity contribution is 0.0454. The second kappa shape index (κ2) is 3.33. The van der Waals surface area contributed by atoms with Gasteiger partial charge in [-0.3, -0.25) is 0 Å². The van der Waals surface area contributed by atoms with E-state index in [0.717, 1.165) is 18.2 Å². The lowest BCUT2D eigenvalue weighted by atomic mass is 10.4. The first-order valence-corrected chi connectivity index (χ1v) is 4.68. The van der Waals surface area contributed by atoms with Crippen molar-refractivity contribution in [1.29, 1.82) is 0 Å². The lowest BCUT2D eigenvalue weighted by Crippen LogP contribution is -2.30. The second-order valence-electron chi connectivity index (χ2n) is 2.71. The molecule has 2 heterocycles. The average molecular weight is 182 g/mol. The van der Waals surface area contributed by atoms with Crippen LogP contribution in [-0.4, -0.2) is 23.4 Å². The number of nitrogens with zero attached hydrogens (tertiary/aromatic N) is 1. The van der Waals surface area contributed by atoms with Crippen LogP contribution in [0.2, 0.25) is 0 Å². The van der Waals surface area contributed by atoms with Gasteiger partial charge < -0.3 is 10.5 Å². The number of hydrogen-bond acceptors (Lipinski definition) is 4. The van der Waals surface area contributed by atoms with Crippen molar-refractivity contribution in [1.82, 2.24) is 4.98 Å². The third-order valence-corrected chi connectivity index (χ3v) is 2.74. The van der Waals surface area contributed by atoms with Gasteiger partial charge in [0.05, 0.1) is 35.4 Å². The molecule has 1 aliphatic heterocycles. The first kappa shape index (κ1) is 7.89. The van der Waals surface area contributed by atoms with Gasteiger partial charge in [-0.15, -0.1) is 0 Å². The fourth-order valence-electron chi connectivity index (χ4n) is 0.914. The zero-order chi connectivity index (χ0) is 8.39. The van der Waals surface area contributed by atoms with E-state index in [4.69, 9.17) is 10.5 Å². The predicted octanol–water partition coefficient (Wildman–Crippen LogP) is 1.15. The van der Waals surface area contributed by atoms with Crippen molar-refractivity contribution < 1.29 is 4.74 Å². The SMILES string of the molecule is Nc1ccc(SC2COC2)nc1. The highest BCUT2D eigenvalue weighted by atomic mass is 32.2. The van der Waals surface area contributed by atoms with Crippen LogP contribution in [0.25, 0.3) is 0 Å². The van der Waals surface area contributed by atoms with E-state index in [1.54, 1.807) is 18.0 Å². The Morgan fingerprint density at radius 2 is 2.33 bits per heavy atom. The van der Waals surface area contributed by atoms with E-state index in [1.165, 1.54) is 0 Å². The Kier molecular flexibility index (Phi) is 2.19. The number of thioether (sulfide) groups is 1. The summed E-state index contributed by atoms with van der Waals surface area (Å²) >= 11 is 1.75. The molecule has 0 unspecified atom stereocenters. The van der Waals surface area contributed by atoms with Crippen LogP contribution >= 0.6 is 11.8 Å². The molecule has 1 aromatic heterocycles. The molecule has 0 aromatic carbocycles. The number of pyridine rings is 1. The smallest absolute Gasteiger partial charge is 0.0965 e. The number of rotatable bonds is 2. The molecule has 12 heavy (non-hydrogen) atoms. The third kappa shape index (κ3) is 1.70. The summed E-state index contributed by atoms with van der Waals surface area (Å²) in [5, 5.41) is 1.61. The molecule has 1 saturated heterocycles. The molecule has 0 spiro atoms. The van der Waals surface area contributed by atoms with Crippen LogP contribution in [0.15, 0.2) is 23.4 Å². The molecule has 0 aliphatic carbocycles. The molecule has 1 aromatic rings. The summed E-state index contributed by atoms with van der Waals surface area (Å²) in [6, 6.07) is 3.81. The monoisotopic (exact) mass is 182 g/mol. The van der Waals surface area contributed by atoms with Gasteiger partial charge in [-0.05, 0) is 12.1 Å². The standard InChI is InChI=1S/C8H10N2OS/c9-6-1-2-8(10-3-6)12-7-4-11-5-7/h1-3,7H,4-5,9H2. The molecule has 3 nitrogen and oxygen atoms in total. The molecule has 0 amide bonds. The average Bonchev–Trinajstić information content (AvgIpc) is 2.00. The summed E-state index contributed by atoms with van der Waals surface area (Å²) in [4.78, 5) is 4.18. The van der Waals surface area contributed by atoms with Gasteiger partial charge in [0.1, 0.15) is 0 Å². The normalized spacial score (nSPS) is 17.3. The van der Waals surface area contributed by atoms with Gasteiger partial charge in [0.2, 0.25) is 0 Å². The Labute approximate surface area is 75.3 Å². The molecular formula is C8H10N2OS. The molecule has 2 N–H and O–H groups in total. The molecular weight excluding hydrogens is 172 g/mol. The van der Waals surface area contributed by atoms with Gasteiger partial charge >= 0.3 is 0 Å². The number of anilines is 1. The van der Waals surface area contributed by atoms with Gasteiger partial charge in [0.15, 0.2) is 0 Å². The molecule has 0 bridgehead atoms. The summed E-state index contributed by atoms with van der Waals surface area (Å²) in [6.45, 7) is 1.69. The third-order valence-electron chi connectivity index (χ3n) is 1.65. The van der Waals surface area contributed by atoms with E-state index in [-0.39, 0.29) is 0 Å². The number of nitrogens with two attached hydrogens (primary N) is 1. The Bertz CT molecular complexity index is 258. The Hall–Kier alpha value is -0.740. The minimum absolute atomic E-state index is 0.584. The summed E-state index contributed by atoms with van der Waals surface area (Å²) in [5.41, 5.74) is 6.22. The van der Waals surface area contributed by atoms with E-state index >= 15 is 0 Å².